The molecule has 2 bridgehead atoms. The molecule has 10 heteroatoms. The first-order valence-corrected chi connectivity index (χ1v) is 12.1. The van der Waals surface area contributed by atoms with Gasteiger partial charge in [-0.25, -0.2) is 0 Å². The van der Waals surface area contributed by atoms with Crippen LogP contribution in [0.5, 0.6) is 0 Å². The minimum atomic E-state index is 0.337. The molecule has 4 rings (SSSR count). The smallest absolute Gasteiger partial charge is 0.226 e. The van der Waals surface area contributed by atoms with Crippen molar-refractivity contribution >= 4 is 35.3 Å². The Bertz CT molecular complexity index is 910. The molecule has 2 aliphatic rings. The van der Waals surface area contributed by atoms with Gasteiger partial charge >= 0.3 is 0 Å². The summed E-state index contributed by atoms with van der Waals surface area (Å²) >= 11 is 1.60. The van der Waals surface area contributed by atoms with Crippen LogP contribution >= 0.6 is 11.9 Å². The van der Waals surface area contributed by atoms with Gasteiger partial charge < -0.3 is 20.3 Å². The molecule has 166 valence electrons. The number of aryl methyl sites for hydroxylation is 1. The van der Waals surface area contributed by atoms with Crippen molar-refractivity contribution in [3.05, 3.63) is 17.8 Å². The van der Waals surface area contributed by atoms with E-state index in [4.69, 9.17) is 15.2 Å². The Morgan fingerprint density at radius 2 is 1.97 bits per heavy atom. The van der Waals surface area contributed by atoms with E-state index in [2.05, 4.69) is 32.2 Å². The number of H-pyrrole nitrogens is 1. The lowest BCUT2D eigenvalue weighted by atomic mass is 9.77. The van der Waals surface area contributed by atoms with E-state index in [0.717, 1.165) is 49.4 Å². The molecule has 0 aromatic carbocycles. The van der Waals surface area contributed by atoms with Gasteiger partial charge in [0.2, 0.25) is 5.95 Å². The van der Waals surface area contributed by atoms with Crippen molar-refractivity contribution in [1.29, 1.82) is 5.26 Å². The summed E-state index contributed by atoms with van der Waals surface area (Å²) in [6, 6.07) is 7.51. The minimum Gasteiger partial charge on any atom is -0.351 e. The number of aromatic nitrogens is 4. The highest BCUT2D eigenvalue weighted by atomic mass is 32.2. The lowest BCUT2D eigenvalue weighted by Crippen LogP contribution is -2.54. The zero-order chi connectivity index (χ0) is 21.8. The van der Waals surface area contributed by atoms with Gasteiger partial charge in [-0.05, 0) is 44.9 Å². The summed E-state index contributed by atoms with van der Waals surface area (Å²) in [6.45, 7) is 1.97. The molecule has 0 amide bonds. The first-order valence-electron chi connectivity index (χ1n) is 10.9. The fourth-order valence-electron chi connectivity index (χ4n) is 4.72. The number of aromatic amines is 1. The van der Waals surface area contributed by atoms with Gasteiger partial charge in [-0.15, -0.1) is 0 Å². The number of hydrogen-bond acceptors (Lipinski definition) is 9. The Morgan fingerprint density at radius 1 is 1.19 bits per heavy atom. The number of nitrogens with zero attached hydrogens (tertiary/aromatic N) is 5. The number of piperidine rings is 2. The third kappa shape index (κ3) is 5.60. The number of fused-ring (bicyclic) bond motifs is 2. The molecule has 4 heterocycles. The van der Waals surface area contributed by atoms with Crippen LogP contribution in [0, 0.1) is 24.2 Å². The van der Waals surface area contributed by atoms with Crippen molar-refractivity contribution in [3.63, 3.8) is 0 Å². The summed E-state index contributed by atoms with van der Waals surface area (Å²) < 4.78 is 2.02. The molecule has 9 nitrogen and oxygen atoms in total. The van der Waals surface area contributed by atoms with Gasteiger partial charge in [0, 0.05) is 55.7 Å². The van der Waals surface area contributed by atoms with Crippen LogP contribution in [-0.4, -0.2) is 51.6 Å². The van der Waals surface area contributed by atoms with Gasteiger partial charge in [0.15, 0.2) is 5.82 Å². The van der Waals surface area contributed by atoms with Crippen LogP contribution in [-0.2, 0) is 0 Å². The van der Waals surface area contributed by atoms with Gasteiger partial charge in [0.05, 0.1) is 6.07 Å². The first kappa shape index (κ1) is 21.7. The third-order valence-corrected chi connectivity index (χ3v) is 6.85. The van der Waals surface area contributed by atoms with E-state index < -0.39 is 0 Å². The Labute approximate surface area is 187 Å². The van der Waals surface area contributed by atoms with E-state index in [1.807, 2.05) is 36.7 Å². The second-order valence-electron chi connectivity index (χ2n) is 8.58. The number of anilines is 4. The van der Waals surface area contributed by atoms with Crippen molar-refractivity contribution in [2.75, 3.05) is 28.2 Å². The fourth-order valence-corrected chi connectivity index (χ4v) is 5.00. The molecular formula is C21H31N9S. The van der Waals surface area contributed by atoms with Gasteiger partial charge in [-0.1, -0.05) is 11.9 Å². The first-order chi connectivity index (χ1) is 15.0. The van der Waals surface area contributed by atoms with Crippen LogP contribution in [0.15, 0.2) is 12.1 Å². The molecule has 2 saturated heterocycles. The van der Waals surface area contributed by atoms with Crippen LogP contribution in [0.3, 0.4) is 0 Å². The average molecular weight is 442 g/mol. The van der Waals surface area contributed by atoms with Crippen LogP contribution in [0.2, 0.25) is 0 Å². The molecule has 2 aromatic heterocycles. The van der Waals surface area contributed by atoms with E-state index in [1.54, 1.807) is 11.9 Å². The maximum atomic E-state index is 8.90. The SMILES string of the molecule is CSN(C)c1cc(Nc2cc(C)[nH]n2)nc(NC2CC3CC(CCC#N)CC(C2)N3)n1. The summed E-state index contributed by atoms with van der Waals surface area (Å²) in [5.41, 5.74) is 0.991. The number of nitriles is 1. The summed E-state index contributed by atoms with van der Waals surface area (Å²) in [6.07, 6.45) is 8.11. The molecule has 2 aliphatic heterocycles. The van der Waals surface area contributed by atoms with E-state index in [9.17, 15) is 0 Å². The number of hydrogen-bond donors (Lipinski definition) is 4. The topological polar surface area (TPSA) is 118 Å². The minimum absolute atomic E-state index is 0.337. The van der Waals surface area contributed by atoms with Crippen LogP contribution in [0.1, 0.15) is 44.2 Å². The fraction of sp³-hybridized carbons (Fsp3) is 0.619. The maximum absolute atomic E-state index is 8.90. The zero-order valence-electron chi connectivity index (χ0n) is 18.4. The molecule has 2 fully saturated rings. The summed E-state index contributed by atoms with van der Waals surface area (Å²) in [5.74, 6) is 3.59. The van der Waals surface area contributed by atoms with Crippen molar-refractivity contribution in [1.82, 2.24) is 25.5 Å². The molecule has 4 N–H and O–H groups in total. The molecule has 0 radical (unpaired) electrons. The average Bonchev–Trinajstić information content (AvgIpc) is 3.15. The Hall–Kier alpha value is -2.51. The second kappa shape index (κ2) is 9.75. The number of rotatable bonds is 8. The molecular weight excluding hydrogens is 410 g/mol. The van der Waals surface area contributed by atoms with Crippen molar-refractivity contribution < 1.29 is 0 Å². The Morgan fingerprint density at radius 3 is 2.61 bits per heavy atom. The molecule has 31 heavy (non-hydrogen) atoms. The summed E-state index contributed by atoms with van der Waals surface area (Å²) in [5, 5.41) is 26.7. The molecule has 0 spiro atoms. The zero-order valence-corrected chi connectivity index (χ0v) is 19.2. The van der Waals surface area contributed by atoms with E-state index >= 15 is 0 Å². The van der Waals surface area contributed by atoms with Crippen LogP contribution in [0.25, 0.3) is 0 Å². The van der Waals surface area contributed by atoms with Gasteiger partial charge in [0.1, 0.15) is 11.6 Å². The predicted molar refractivity (Wildman–Crippen MR) is 125 cm³/mol. The highest BCUT2D eigenvalue weighted by Gasteiger charge is 2.35. The highest BCUT2D eigenvalue weighted by Crippen LogP contribution is 2.33. The van der Waals surface area contributed by atoms with Crippen molar-refractivity contribution in [3.8, 4) is 6.07 Å². The van der Waals surface area contributed by atoms with E-state index in [0.29, 0.717) is 42.2 Å². The summed E-state index contributed by atoms with van der Waals surface area (Å²) in [7, 11) is 2.00. The molecule has 2 unspecified atom stereocenters. The van der Waals surface area contributed by atoms with Crippen molar-refractivity contribution in [2.45, 2.75) is 63.6 Å². The molecule has 2 aromatic rings. The van der Waals surface area contributed by atoms with Crippen LogP contribution in [0.4, 0.5) is 23.4 Å². The molecule has 2 atom stereocenters. The van der Waals surface area contributed by atoms with E-state index in [-0.39, 0.29) is 0 Å². The molecule has 0 aliphatic carbocycles. The van der Waals surface area contributed by atoms with E-state index in [1.165, 1.54) is 0 Å². The third-order valence-electron chi connectivity index (χ3n) is 6.11. The lowest BCUT2D eigenvalue weighted by Gasteiger charge is -2.43. The van der Waals surface area contributed by atoms with Gasteiger partial charge in [0.25, 0.3) is 0 Å². The van der Waals surface area contributed by atoms with Gasteiger partial charge in [-0.3, -0.25) is 5.10 Å². The summed E-state index contributed by atoms with van der Waals surface area (Å²) in [4.78, 5) is 9.47. The Kier molecular flexibility index (Phi) is 6.83. The predicted octanol–water partition coefficient (Wildman–Crippen LogP) is 3.58. The molecule has 0 saturated carbocycles. The van der Waals surface area contributed by atoms with Gasteiger partial charge in [-0.2, -0.15) is 20.3 Å². The highest BCUT2D eigenvalue weighted by molar-refractivity contribution is 7.99. The van der Waals surface area contributed by atoms with Crippen molar-refractivity contribution in [2.24, 2.45) is 5.92 Å². The second-order valence-corrected chi connectivity index (χ2v) is 9.50. The standard InChI is InChI=1S/C21H31N9S/c1-13-7-19(29-28-13)25-18-12-20(30(2)31-3)27-21(26-18)24-17-10-15-8-14(5-4-6-22)9-16(11-17)23-15/h7,12,14-17,23H,4-5,8-11H2,1-3H3,(H3,24,25,26,27,28,29). The van der Waals surface area contributed by atoms with Crippen LogP contribution < -0.4 is 20.3 Å². The normalized spacial score (nSPS) is 25.0. The largest absolute Gasteiger partial charge is 0.351 e. The number of nitrogens with one attached hydrogen (secondary N) is 4. The maximum Gasteiger partial charge on any atom is 0.226 e. The Balaban J connectivity index is 1.46. The monoisotopic (exact) mass is 441 g/mol. The quantitative estimate of drug-likeness (QED) is 0.456. The lowest BCUT2D eigenvalue weighted by molar-refractivity contribution is 0.171.